The minimum atomic E-state index is -0.189. The number of likely N-dealkylation sites (tertiary alicyclic amines) is 1. The molecule has 1 saturated heterocycles. The molecular formula is C23H28N2O2. The molecule has 0 spiro atoms. The molecule has 2 aromatic carbocycles. The standard InChI is InChI=1S/C23H28N2O2/c1-3-17(2)24-22(26)21-14-20(18-10-6-4-7-11-18)15-25(16-21)23(27)19-12-8-5-9-13-19/h4-13,17,20-21H,3,14-16H2,1-2H3,(H,24,26)/t17-,20+,21+/m0/s1. The summed E-state index contributed by atoms with van der Waals surface area (Å²) in [5, 5.41) is 3.09. The maximum atomic E-state index is 13.0. The Kier molecular flexibility index (Phi) is 6.28. The summed E-state index contributed by atoms with van der Waals surface area (Å²) in [6.07, 6.45) is 1.66. The second-order valence-corrected chi connectivity index (χ2v) is 7.43. The number of hydrogen-bond acceptors (Lipinski definition) is 2. The minimum absolute atomic E-state index is 0.00225. The number of piperidine rings is 1. The molecule has 0 unspecified atom stereocenters. The SMILES string of the molecule is CC[C@H](C)NC(=O)[C@@H]1C[C@@H](c2ccccc2)CN(C(=O)c2ccccc2)C1. The minimum Gasteiger partial charge on any atom is -0.353 e. The van der Waals surface area contributed by atoms with Gasteiger partial charge in [0.05, 0.1) is 5.92 Å². The van der Waals surface area contributed by atoms with Gasteiger partial charge < -0.3 is 10.2 Å². The van der Waals surface area contributed by atoms with Gasteiger partial charge in [-0.3, -0.25) is 9.59 Å². The first-order chi connectivity index (χ1) is 13.1. The summed E-state index contributed by atoms with van der Waals surface area (Å²) >= 11 is 0. The van der Waals surface area contributed by atoms with Gasteiger partial charge in [-0.2, -0.15) is 0 Å². The van der Waals surface area contributed by atoms with E-state index in [9.17, 15) is 9.59 Å². The van der Waals surface area contributed by atoms with E-state index >= 15 is 0 Å². The molecule has 0 radical (unpaired) electrons. The van der Waals surface area contributed by atoms with Crippen LogP contribution in [0.5, 0.6) is 0 Å². The van der Waals surface area contributed by atoms with Gasteiger partial charge in [-0.05, 0) is 37.5 Å². The topological polar surface area (TPSA) is 49.4 Å². The van der Waals surface area contributed by atoms with Crippen molar-refractivity contribution in [2.75, 3.05) is 13.1 Å². The molecule has 3 rings (SSSR count). The molecule has 2 amide bonds. The summed E-state index contributed by atoms with van der Waals surface area (Å²) in [6.45, 7) is 5.19. The number of benzene rings is 2. The quantitative estimate of drug-likeness (QED) is 0.876. The highest BCUT2D eigenvalue weighted by atomic mass is 16.2. The highest BCUT2D eigenvalue weighted by molar-refractivity contribution is 5.94. The van der Waals surface area contributed by atoms with E-state index in [1.165, 1.54) is 5.56 Å². The van der Waals surface area contributed by atoms with E-state index in [1.54, 1.807) is 0 Å². The summed E-state index contributed by atoms with van der Waals surface area (Å²) in [6, 6.07) is 19.7. The Balaban J connectivity index is 1.82. The number of nitrogens with one attached hydrogen (secondary N) is 1. The second kappa shape index (κ2) is 8.85. The molecule has 27 heavy (non-hydrogen) atoms. The first-order valence-electron chi connectivity index (χ1n) is 9.78. The average Bonchev–Trinajstić information content (AvgIpc) is 2.74. The van der Waals surface area contributed by atoms with E-state index < -0.39 is 0 Å². The summed E-state index contributed by atoms with van der Waals surface area (Å²) in [5.74, 6) is 0.0272. The van der Waals surface area contributed by atoms with E-state index in [2.05, 4.69) is 24.4 Å². The lowest BCUT2D eigenvalue weighted by molar-refractivity contribution is -0.127. The maximum Gasteiger partial charge on any atom is 0.253 e. The third-order valence-corrected chi connectivity index (χ3v) is 5.40. The third kappa shape index (κ3) is 4.76. The molecule has 1 fully saturated rings. The Morgan fingerprint density at radius 1 is 1.04 bits per heavy atom. The zero-order chi connectivity index (χ0) is 19.2. The van der Waals surface area contributed by atoms with Crippen molar-refractivity contribution in [3.05, 3.63) is 71.8 Å². The zero-order valence-corrected chi connectivity index (χ0v) is 16.1. The molecule has 0 saturated carbocycles. The van der Waals surface area contributed by atoms with Crippen LogP contribution in [0, 0.1) is 5.92 Å². The van der Waals surface area contributed by atoms with Crippen molar-refractivity contribution in [3.8, 4) is 0 Å². The molecule has 1 aliphatic heterocycles. The predicted octanol–water partition coefficient (Wildman–Crippen LogP) is 3.85. The van der Waals surface area contributed by atoms with Crippen LogP contribution in [0.1, 0.15) is 48.5 Å². The van der Waals surface area contributed by atoms with Gasteiger partial charge in [0.2, 0.25) is 5.91 Å². The van der Waals surface area contributed by atoms with Crippen LogP contribution in [0.3, 0.4) is 0 Å². The van der Waals surface area contributed by atoms with Crippen LogP contribution >= 0.6 is 0 Å². The van der Waals surface area contributed by atoms with Crippen LogP contribution in [0.4, 0.5) is 0 Å². The predicted molar refractivity (Wildman–Crippen MR) is 108 cm³/mol. The third-order valence-electron chi connectivity index (χ3n) is 5.40. The van der Waals surface area contributed by atoms with Gasteiger partial charge in [0.15, 0.2) is 0 Å². The van der Waals surface area contributed by atoms with Crippen LogP contribution < -0.4 is 5.32 Å². The molecule has 142 valence electrons. The number of rotatable bonds is 5. The van der Waals surface area contributed by atoms with Crippen LogP contribution in [0.25, 0.3) is 0 Å². The number of amides is 2. The van der Waals surface area contributed by atoms with Gasteiger partial charge in [-0.15, -0.1) is 0 Å². The molecule has 1 aliphatic rings. The van der Waals surface area contributed by atoms with E-state index in [1.807, 2.05) is 60.4 Å². The summed E-state index contributed by atoms with van der Waals surface area (Å²) < 4.78 is 0. The van der Waals surface area contributed by atoms with Gasteiger partial charge in [0.25, 0.3) is 5.91 Å². The summed E-state index contributed by atoms with van der Waals surface area (Å²) in [4.78, 5) is 27.7. The first-order valence-corrected chi connectivity index (χ1v) is 9.78. The molecule has 4 heteroatoms. The molecule has 0 aromatic heterocycles. The Bertz CT molecular complexity index is 760. The summed E-state index contributed by atoms with van der Waals surface area (Å²) in [5.41, 5.74) is 1.86. The van der Waals surface area contributed by atoms with Crippen molar-refractivity contribution in [2.24, 2.45) is 5.92 Å². The van der Waals surface area contributed by atoms with Crippen molar-refractivity contribution >= 4 is 11.8 Å². The molecule has 2 aromatic rings. The number of carbonyl (C=O) groups is 2. The fourth-order valence-corrected chi connectivity index (χ4v) is 3.65. The largest absolute Gasteiger partial charge is 0.353 e. The second-order valence-electron chi connectivity index (χ2n) is 7.43. The van der Waals surface area contributed by atoms with E-state index in [0.29, 0.717) is 18.7 Å². The molecule has 0 bridgehead atoms. The highest BCUT2D eigenvalue weighted by Crippen LogP contribution is 2.31. The highest BCUT2D eigenvalue weighted by Gasteiger charge is 2.35. The molecular weight excluding hydrogens is 336 g/mol. The van der Waals surface area contributed by atoms with Crippen LogP contribution in [0.2, 0.25) is 0 Å². The number of nitrogens with zero attached hydrogens (tertiary/aromatic N) is 1. The van der Waals surface area contributed by atoms with Crippen molar-refractivity contribution in [1.82, 2.24) is 10.2 Å². The average molecular weight is 364 g/mol. The Hall–Kier alpha value is -2.62. The molecule has 4 nitrogen and oxygen atoms in total. The number of carbonyl (C=O) groups excluding carboxylic acids is 2. The van der Waals surface area contributed by atoms with Crippen LogP contribution in [0.15, 0.2) is 60.7 Å². The first kappa shape index (κ1) is 19.2. The van der Waals surface area contributed by atoms with Gasteiger partial charge in [-0.1, -0.05) is 55.5 Å². The maximum absolute atomic E-state index is 13.0. The van der Waals surface area contributed by atoms with Crippen LogP contribution in [-0.2, 0) is 4.79 Å². The van der Waals surface area contributed by atoms with Gasteiger partial charge in [0, 0.05) is 30.6 Å². The Morgan fingerprint density at radius 2 is 1.67 bits per heavy atom. The Morgan fingerprint density at radius 3 is 2.30 bits per heavy atom. The van der Waals surface area contributed by atoms with Gasteiger partial charge in [0.1, 0.15) is 0 Å². The van der Waals surface area contributed by atoms with Gasteiger partial charge >= 0.3 is 0 Å². The molecule has 0 aliphatic carbocycles. The molecule has 1 N–H and O–H groups in total. The fraction of sp³-hybridized carbons (Fsp3) is 0.391. The molecule has 1 heterocycles. The fourth-order valence-electron chi connectivity index (χ4n) is 3.65. The monoisotopic (exact) mass is 364 g/mol. The van der Waals surface area contributed by atoms with Crippen LogP contribution in [-0.4, -0.2) is 35.8 Å². The number of hydrogen-bond donors (Lipinski definition) is 1. The zero-order valence-electron chi connectivity index (χ0n) is 16.1. The van der Waals surface area contributed by atoms with Crippen molar-refractivity contribution < 1.29 is 9.59 Å². The Labute approximate surface area is 161 Å². The van der Waals surface area contributed by atoms with Gasteiger partial charge in [-0.25, -0.2) is 0 Å². The lowest BCUT2D eigenvalue weighted by Crippen LogP contribution is -2.49. The van der Waals surface area contributed by atoms with E-state index in [-0.39, 0.29) is 29.7 Å². The lowest BCUT2D eigenvalue weighted by Gasteiger charge is -2.38. The van der Waals surface area contributed by atoms with E-state index in [0.717, 1.165) is 12.8 Å². The van der Waals surface area contributed by atoms with Crippen molar-refractivity contribution in [3.63, 3.8) is 0 Å². The smallest absolute Gasteiger partial charge is 0.253 e. The lowest BCUT2D eigenvalue weighted by atomic mass is 9.83. The normalized spacial score (nSPS) is 20.7. The summed E-state index contributed by atoms with van der Waals surface area (Å²) in [7, 11) is 0. The van der Waals surface area contributed by atoms with Crippen molar-refractivity contribution in [2.45, 2.75) is 38.6 Å². The van der Waals surface area contributed by atoms with E-state index in [4.69, 9.17) is 0 Å². The molecule has 3 atom stereocenters. The van der Waals surface area contributed by atoms with Crippen molar-refractivity contribution in [1.29, 1.82) is 0 Å².